The molecule has 0 bridgehead atoms. The van der Waals surface area contributed by atoms with Crippen LogP contribution in [0.25, 0.3) is 0 Å². The molecule has 1 aromatic rings. The third kappa shape index (κ3) is 3.84. The molecule has 0 saturated carbocycles. The summed E-state index contributed by atoms with van der Waals surface area (Å²) < 4.78 is 32.2. The van der Waals surface area contributed by atoms with Crippen LogP contribution in [0.4, 0.5) is 8.78 Å². The molecule has 3 rings (SSSR count). The first-order valence-electron chi connectivity index (χ1n) is 8.07. The van der Waals surface area contributed by atoms with E-state index in [0.717, 1.165) is 45.1 Å². The molecule has 1 amide bonds. The van der Waals surface area contributed by atoms with Gasteiger partial charge in [0.25, 0.3) is 5.91 Å². The number of aromatic nitrogens is 1. The van der Waals surface area contributed by atoms with Gasteiger partial charge in [-0.25, -0.2) is 13.8 Å². The fraction of sp³-hybridized carbons (Fsp3) is 0.625. The Morgan fingerprint density at radius 1 is 1.26 bits per heavy atom. The Bertz CT molecular complexity index is 564. The molecule has 2 aliphatic rings. The van der Waals surface area contributed by atoms with Gasteiger partial charge >= 0.3 is 0 Å². The maximum Gasteiger partial charge on any atom is 0.275 e. The molecule has 126 valence electrons. The molecule has 23 heavy (non-hydrogen) atoms. The van der Waals surface area contributed by atoms with Crippen molar-refractivity contribution in [2.24, 2.45) is 0 Å². The normalized spacial score (nSPS) is 23.0. The Morgan fingerprint density at radius 2 is 2.04 bits per heavy atom. The second kappa shape index (κ2) is 7.31. The lowest BCUT2D eigenvalue weighted by atomic mass is 10.0. The van der Waals surface area contributed by atoms with E-state index in [1.165, 1.54) is 0 Å². The van der Waals surface area contributed by atoms with Gasteiger partial charge in [-0.05, 0) is 19.3 Å². The average Bonchev–Trinajstić information content (AvgIpc) is 2.56. The minimum atomic E-state index is -0.898. The van der Waals surface area contributed by atoms with Crippen LogP contribution in [0.5, 0.6) is 0 Å². The zero-order valence-electron chi connectivity index (χ0n) is 13.0. The van der Waals surface area contributed by atoms with Crippen molar-refractivity contribution in [2.75, 3.05) is 39.4 Å². The number of likely N-dealkylation sites (tertiary alicyclic amines) is 1. The van der Waals surface area contributed by atoms with Crippen LogP contribution in [0.1, 0.15) is 29.8 Å². The number of nitrogens with zero attached hydrogens (tertiary/aromatic N) is 3. The molecule has 0 aromatic carbocycles. The standard InChI is InChI=1S/C16H21F2N3O2/c17-12-9-14(18)15(19-10-12)16(22)21-4-2-1-3-13(21)11-20-5-7-23-8-6-20/h9-10,13H,1-8,11H2/t13-/m1/s1. The van der Waals surface area contributed by atoms with Crippen molar-refractivity contribution in [3.63, 3.8) is 0 Å². The fourth-order valence-electron chi connectivity index (χ4n) is 3.25. The van der Waals surface area contributed by atoms with Crippen LogP contribution < -0.4 is 0 Å². The van der Waals surface area contributed by atoms with Gasteiger partial charge in [-0.15, -0.1) is 0 Å². The van der Waals surface area contributed by atoms with Gasteiger partial charge in [-0.2, -0.15) is 0 Å². The molecule has 0 spiro atoms. The van der Waals surface area contributed by atoms with Gasteiger partial charge in [-0.1, -0.05) is 0 Å². The maximum absolute atomic E-state index is 13.9. The predicted molar refractivity (Wildman–Crippen MR) is 80.1 cm³/mol. The lowest BCUT2D eigenvalue weighted by Crippen LogP contribution is -2.51. The van der Waals surface area contributed by atoms with Crippen LogP contribution in [0.15, 0.2) is 12.3 Å². The van der Waals surface area contributed by atoms with E-state index in [2.05, 4.69) is 9.88 Å². The zero-order chi connectivity index (χ0) is 16.2. The summed E-state index contributed by atoms with van der Waals surface area (Å²) in [5.74, 6) is -2.12. The summed E-state index contributed by atoms with van der Waals surface area (Å²) in [7, 11) is 0. The molecular weight excluding hydrogens is 304 g/mol. The molecule has 0 radical (unpaired) electrons. The lowest BCUT2D eigenvalue weighted by Gasteiger charge is -2.39. The van der Waals surface area contributed by atoms with Crippen molar-refractivity contribution in [1.82, 2.24) is 14.8 Å². The molecule has 0 N–H and O–H groups in total. The number of ether oxygens (including phenoxy) is 1. The lowest BCUT2D eigenvalue weighted by molar-refractivity contribution is 0.0163. The fourth-order valence-corrected chi connectivity index (χ4v) is 3.25. The Balaban J connectivity index is 1.73. The molecule has 2 aliphatic heterocycles. The molecule has 1 aromatic heterocycles. The van der Waals surface area contributed by atoms with Crippen LogP contribution in [0.2, 0.25) is 0 Å². The van der Waals surface area contributed by atoms with E-state index in [9.17, 15) is 13.6 Å². The Morgan fingerprint density at radius 3 is 2.78 bits per heavy atom. The molecule has 0 aliphatic carbocycles. The summed E-state index contributed by atoms with van der Waals surface area (Å²) in [5.41, 5.74) is -0.291. The minimum absolute atomic E-state index is 0.0422. The summed E-state index contributed by atoms with van der Waals surface area (Å²) in [5, 5.41) is 0. The van der Waals surface area contributed by atoms with Crippen molar-refractivity contribution < 1.29 is 18.3 Å². The molecule has 2 fully saturated rings. The van der Waals surface area contributed by atoms with E-state index in [1.54, 1.807) is 4.90 Å². The van der Waals surface area contributed by atoms with E-state index in [0.29, 0.717) is 25.8 Å². The van der Waals surface area contributed by atoms with Gasteiger partial charge in [0.15, 0.2) is 11.5 Å². The minimum Gasteiger partial charge on any atom is -0.379 e. The largest absolute Gasteiger partial charge is 0.379 e. The van der Waals surface area contributed by atoms with Crippen LogP contribution >= 0.6 is 0 Å². The summed E-state index contributed by atoms with van der Waals surface area (Å²) in [6.45, 7) is 4.46. The smallest absolute Gasteiger partial charge is 0.275 e. The average molecular weight is 325 g/mol. The number of pyridine rings is 1. The number of halogens is 2. The van der Waals surface area contributed by atoms with Gasteiger partial charge < -0.3 is 9.64 Å². The van der Waals surface area contributed by atoms with Gasteiger partial charge in [-0.3, -0.25) is 9.69 Å². The molecular formula is C16H21F2N3O2. The number of amides is 1. The first kappa shape index (κ1) is 16.3. The Kier molecular flexibility index (Phi) is 5.17. The van der Waals surface area contributed by atoms with Gasteiger partial charge in [0.2, 0.25) is 0 Å². The number of carbonyl (C=O) groups excluding carboxylic acids is 1. The van der Waals surface area contributed by atoms with Crippen LogP contribution in [-0.4, -0.2) is 66.1 Å². The van der Waals surface area contributed by atoms with Crippen molar-refractivity contribution in [1.29, 1.82) is 0 Å². The molecule has 0 unspecified atom stereocenters. The number of carbonyl (C=O) groups is 1. The quantitative estimate of drug-likeness (QED) is 0.848. The van der Waals surface area contributed by atoms with E-state index < -0.39 is 17.5 Å². The van der Waals surface area contributed by atoms with Crippen molar-refractivity contribution in [3.8, 4) is 0 Å². The van der Waals surface area contributed by atoms with Crippen molar-refractivity contribution >= 4 is 5.91 Å². The topological polar surface area (TPSA) is 45.7 Å². The van der Waals surface area contributed by atoms with Gasteiger partial charge in [0.05, 0.1) is 19.4 Å². The van der Waals surface area contributed by atoms with Gasteiger partial charge in [0.1, 0.15) is 5.82 Å². The second-order valence-electron chi connectivity index (χ2n) is 6.05. The third-order valence-electron chi connectivity index (χ3n) is 4.47. The van der Waals surface area contributed by atoms with E-state index in [-0.39, 0.29) is 11.7 Å². The SMILES string of the molecule is O=C(c1ncc(F)cc1F)N1CCCC[C@@H]1CN1CCOCC1. The summed E-state index contributed by atoms with van der Waals surface area (Å²) in [6, 6.07) is 0.752. The Labute approximate surface area is 134 Å². The third-order valence-corrected chi connectivity index (χ3v) is 4.47. The summed E-state index contributed by atoms with van der Waals surface area (Å²) in [4.78, 5) is 20.3. The predicted octanol–water partition coefficient (Wildman–Crippen LogP) is 1.69. The van der Waals surface area contributed by atoms with Crippen LogP contribution in [-0.2, 0) is 4.74 Å². The summed E-state index contributed by atoms with van der Waals surface area (Å²) in [6.07, 6.45) is 3.73. The van der Waals surface area contributed by atoms with Gasteiger partial charge in [0, 0.05) is 38.3 Å². The molecule has 7 heteroatoms. The second-order valence-corrected chi connectivity index (χ2v) is 6.05. The number of hydrogen-bond acceptors (Lipinski definition) is 4. The van der Waals surface area contributed by atoms with E-state index >= 15 is 0 Å². The monoisotopic (exact) mass is 325 g/mol. The first-order valence-corrected chi connectivity index (χ1v) is 8.07. The van der Waals surface area contributed by atoms with Crippen LogP contribution in [0.3, 0.4) is 0 Å². The highest BCUT2D eigenvalue weighted by Gasteiger charge is 2.31. The Hall–Kier alpha value is -1.60. The highest BCUT2D eigenvalue weighted by atomic mass is 19.1. The number of piperidine rings is 1. The summed E-state index contributed by atoms with van der Waals surface area (Å²) >= 11 is 0. The number of morpholine rings is 1. The van der Waals surface area contributed by atoms with E-state index in [1.807, 2.05) is 0 Å². The number of hydrogen-bond donors (Lipinski definition) is 0. The van der Waals surface area contributed by atoms with Crippen molar-refractivity contribution in [3.05, 3.63) is 29.6 Å². The zero-order valence-corrected chi connectivity index (χ0v) is 13.0. The highest BCUT2D eigenvalue weighted by molar-refractivity contribution is 5.92. The molecule has 1 atom stereocenters. The molecule has 3 heterocycles. The first-order chi connectivity index (χ1) is 11.1. The molecule has 5 nitrogen and oxygen atoms in total. The van der Waals surface area contributed by atoms with Crippen LogP contribution in [0, 0.1) is 11.6 Å². The highest BCUT2D eigenvalue weighted by Crippen LogP contribution is 2.21. The molecule has 2 saturated heterocycles. The van der Waals surface area contributed by atoms with E-state index in [4.69, 9.17) is 4.74 Å². The van der Waals surface area contributed by atoms with Crippen molar-refractivity contribution in [2.45, 2.75) is 25.3 Å². The number of rotatable bonds is 3. The maximum atomic E-state index is 13.9.